The lowest BCUT2D eigenvalue weighted by Gasteiger charge is -2.27. The van der Waals surface area contributed by atoms with Gasteiger partial charge >= 0.3 is 12.1 Å². The summed E-state index contributed by atoms with van der Waals surface area (Å²) in [5.74, 6) is -1.57. The van der Waals surface area contributed by atoms with Gasteiger partial charge in [-0.05, 0) is 31.5 Å². The summed E-state index contributed by atoms with van der Waals surface area (Å²) in [6, 6.07) is 3.34. The lowest BCUT2D eigenvalue weighted by molar-refractivity contribution is -0.138. The van der Waals surface area contributed by atoms with Gasteiger partial charge in [-0.25, -0.2) is 4.79 Å². The Morgan fingerprint density at radius 3 is 2.45 bits per heavy atom. The van der Waals surface area contributed by atoms with Crippen LogP contribution in [0.2, 0.25) is 0 Å². The van der Waals surface area contributed by atoms with E-state index in [9.17, 15) is 18.0 Å². The summed E-state index contributed by atoms with van der Waals surface area (Å²) in [7, 11) is 1.74. The standard InChI is InChI=1S/C14H18F3NO2/c1-4-5-9(2)18(3)10-6-7-12(14(15,16)17)11(8-10)13(19)20/h6-9H,4-5H2,1-3H3,(H,19,20). The highest BCUT2D eigenvalue weighted by molar-refractivity contribution is 5.91. The maximum absolute atomic E-state index is 12.7. The van der Waals surface area contributed by atoms with E-state index in [1.54, 1.807) is 11.9 Å². The van der Waals surface area contributed by atoms with Crippen LogP contribution < -0.4 is 4.90 Å². The molecule has 0 aliphatic rings. The van der Waals surface area contributed by atoms with Crippen molar-refractivity contribution in [3.63, 3.8) is 0 Å². The molecule has 0 fully saturated rings. The zero-order chi connectivity index (χ0) is 15.5. The predicted octanol–water partition coefficient (Wildman–Crippen LogP) is 4.03. The van der Waals surface area contributed by atoms with Crippen molar-refractivity contribution in [3.05, 3.63) is 29.3 Å². The number of anilines is 1. The van der Waals surface area contributed by atoms with E-state index in [-0.39, 0.29) is 6.04 Å². The molecule has 0 saturated carbocycles. The van der Waals surface area contributed by atoms with Crippen molar-refractivity contribution in [1.82, 2.24) is 0 Å². The topological polar surface area (TPSA) is 40.5 Å². The Balaban J connectivity index is 3.20. The number of carboxylic acid groups (broad SMARTS) is 1. The molecule has 0 aliphatic heterocycles. The summed E-state index contributed by atoms with van der Waals surface area (Å²) in [5.41, 5.74) is -1.37. The lowest BCUT2D eigenvalue weighted by Crippen LogP contribution is -2.29. The van der Waals surface area contributed by atoms with Crippen LogP contribution in [-0.4, -0.2) is 24.2 Å². The Labute approximate surface area is 116 Å². The van der Waals surface area contributed by atoms with Gasteiger partial charge in [0.1, 0.15) is 0 Å². The Hall–Kier alpha value is -1.72. The first kappa shape index (κ1) is 16.3. The van der Waals surface area contributed by atoms with Crippen LogP contribution in [0.15, 0.2) is 18.2 Å². The summed E-state index contributed by atoms with van der Waals surface area (Å²) in [5, 5.41) is 8.96. The van der Waals surface area contributed by atoms with Gasteiger partial charge in [-0.15, -0.1) is 0 Å². The number of rotatable bonds is 5. The molecule has 0 amide bonds. The van der Waals surface area contributed by atoms with E-state index in [2.05, 4.69) is 0 Å². The van der Waals surface area contributed by atoms with E-state index in [0.29, 0.717) is 5.69 Å². The van der Waals surface area contributed by atoms with Crippen molar-refractivity contribution in [2.45, 2.75) is 38.9 Å². The fourth-order valence-corrected chi connectivity index (χ4v) is 2.04. The average molecular weight is 289 g/mol. The first-order valence-corrected chi connectivity index (χ1v) is 6.35. The van der Waals surface area contributed by atoms with Crippen LogP contribution in [0.5, 0.6) is 0 Å². The molecule has 0 saturated heterocycles. The third kappa shape index (κ3) is 3.65. The molecule has 1 N–H and O–H groups in total. The Morgan fingerprint density at radius 1 is 1.40 bits per heavy atom. The number of hydrogen-bond acceptors (Lipinski definition) is 2. The molecule has 6 heteroatoms. The average Bonchev–Trinajstić information content (AvgIpc) is 2.36. The van der Waals surface area contributed by atoms with Crippen molar-refractivity contribution in [3.8, 4) is 0 Å². The number of halogens is 3. The predicted molar refractivity (Wildman–Crippen MR) is 71.2 cm³/mol. The molecule has 0 spiro atoms. The van der Waals surface area contributed by atoms with Crippen molar-refractivity contribution in [2.24, 2.45) is 0 Å². The molecule has 3 nitrogen and oxygen atoms in total. The molecular weight excluding hydrogens is 271 g/mol. The molecule has 0 heterocycles. The van der Waals surface area contributed by atoms with Crippen molar-refractivity contribution in [1.29, 1.82) is 0 Å². The maximum Gasteiger partial charge on any atom is 0.417 e. The molecule has 1 aromatic carbocycles. The van der Waals surface area contributed by atoms with Crippen LogP contribution >= 0.6 is 0 Å². The Morgan fingerprint density at radius 2 is 2.00 bits per heavy atom. The lowest BCUT2D eigenvalue weighted by atomic mass is 10.0. The van der Waals surface area contributed by atoms with E-state index in [1.807, 2.05) is 13.8 Å². The van der Waals surface area contributed by atoms with Crippen LogP contribution in [0.3, 0.4) is 0 Å². The molecule has 1 aromatic rings. The molecule has 0 aliphatic carbocycles. The van der Waals surface area contributed by atoms with Crippen molar-refractivity contribution < 1.29 is 23.1 Å². The summed E-state index contributed by atoms with van der Waals surface area (Å²) >= 11 is 0. The highest BCUT2D eigenvalue weighted by Gasteiger charge is 2.35. The van der Waals surface area contributed by atoms with Gasteiger partial charge in [-0.2, -0.15) is 13.2 Å². The third-order valence-electron chi connectivity index (χ3n) is 3.31. The number of hydrogen-bond donors (Lipinski definition) is 1. The van der Waals surface area contributed by atoms with E-state index in [0.717, 1.165) is 25.0 Å². The quantitative estimate of drug-likeness (QED) is 0.889. The summed E-state index contributed by atoms with van der Waals surface area (Å²) < 4.78 is 38.2. The molecule has 112 valence electrons. The molecule has 0 bridgehead atoms. The Kier molecular flexibility index (Phi) is 5.03. The zero-order valence-electron chi connectivity index (χ0n) is 11.7. The van der Waals surface area contributed by atoms with E-state index in [4.69, 9.17) is 5.11 Å². The number of benzene rings is 1. The van der Waals surface area contributed by atoms with Gasteiger partial charge in [-0.3, -0.25) is 0 Å². The molecular formula is C14H18F3NO2. The zero-order valence-corrected chi connectivity index (χ0v) is 11.7. The van der Waals surface area contributed by atoms with Crippen LogP contribution in [0.25, 0.3) is 0 Å². The van der Waals surface area contributed by atoms with Crippen LogP contribution in [-0.2, 0) is 6.18 Å². The largest absolute Gasteiger partial charge is 0.478 e. The van der Waals surface area contributed by atoms with Crippen LogP contribution in [0, 0.1) is 0 Å². The van der Waals surface area contributed by atoms with Crippen LogP contribution in [0.4, 0.5) is 18.9 Å². The SMILES string of the molecule is CCCC(C)N(C)c1ccc(C(F)(F)F)c(C(=O)O)c1. The van der Waals surface area contributed by atoms with Gasteiger partial charge in [0.25, 0.3) is 0 Å². The maximum atomic E-state index is 12.7. The van der Waals surface area contributed by atoms with Crippen molar-refractivity contribution >= 4 is 11.7 Å². The number of nitrogens with zero attached hydrogens (tertiary/aromatic N) is 1. The second kappa shape index (κ2) is 6.15. The van der Waals surface area contributed by atoms with Gasteiger partial charge in [0.05, 0.1) is 11.1 Å². The number of aromatic carboxylic acids is 1. The minimum atomic E-state index is -4.67. The minimum Gasteiger partial charge on any atom is -0.478 e. The molecule has 20 heavy (non-hydrogen) atoms. The first-order chi connectivity index (χ1) is 9.18. The molecule has 0 aromatic heterocycles. The molecule has 0 radical (unpaired) electrons. The summed E-state index contributed by atoms with van der Waals surface area (Å²) in [6.07, 6.45) is -2.85. The van der Waals surface area contributed by atoms with Gasteiger partial charge in [-0.1, -0.05) is 13.3 Å². The molecule has 1 unspecified atom stereocenters. The number of carbonyl (C=O) groups is 1. The minimum absolute atomic E-state index is 0.124. The Bertz CT molecular complexity index is 486. The number of alkyl halides is 3. The monoisotopic (exact) mass is 289 g/mol. The fourth-order valence-electron chi connectivity index (χ4n) is 2.04. The van der Waals surface area contributed by atoms with Gasteiger partial charge < -0.3 is 10.0 Å². The van der Waals surface area contributed by atoms with Crippen LogP contribution in [0.1, 0.15) is 42.6 Å². The smallest absolute Gasteiger partial charge is 0.417 e. The van der Waals surface area contributed by atoms with Crippen molar-refractivity contribution in [2.75, 3.05) is 11.9 Å². The highest BCUT2D eigenvalue weighted by Crippen LogP contribution is 2.34. The number of carboxylic acids is 1. The second-order valence-electron chi connectivity index (χ2n) is 4.78. The molecule has 1 rings (SSSR count). The summed E-state index contributed by atoms with van der Waals surface area (Å²) in [4.78, 5) is 12.8. The second-order valence-corrected chi connectivity index (χ2v) is 4.78. The van der Waals surface area contributed by atoms with Gasteiger partial charge in [0, 0.05) is 18.8 Å². The highest BCUT2D eigenvalue weighted by atomic mass is 19.4. The fraction of sp³-hybridized carbons (Fsp3) is 0.500. The normalized spacial score (nSPS) is 13.1. The van der Waals surface area contributed by atoms with E-state index >= 15 is 0 Å². The first-order valence-electron chi connectivity index (χ1n) is 6.35. The van der Waals surface area contributed by atoms with Gasteiger partial charge in [0.2, 0.25) is 0 Å². The van der Waals surface area contributed by atoms with E-state index < -0.39 is 23.3 Å². The third-order valence-corrected chi connectivity index (χ3v) is 3.31. The van der Waals surface area contributed by atoms with Gasteiger partial charge in [0.15, 0.2) is 0 Å². The van der Waals surface area contributed by atoms with E-state index in [1.165, 1.54) is 6.07 Å². The summed E-state index contributed by atoms with van der Waals surface area (Å²) in [6.45, 7) is 3.96. The molecule has 1 atom stereocenters.